The van der Waals surface area contributed by atoms with Crippen LogP contribution in [0.3, 0.4) is 0 Å². The van der Waals surface area contributed by atoms with Crippen molar-refractivity contribution in [3.63, 3.8) is 0 Å². The monoisotopic (exact) mass is 538 g/mol. The first-order valence-corrected chi connectivity index (χ1v) is 10.9. The smallest absolute Gasteiger partial charge is 0.191 e. The third-order valence-corrected chi connectivity index (χ3v) is 5.78. The molecule has 2 N–H and O–H groups in total. The molecule has 30 heavy (non-hydrogen) atoms. The molecule has 0 aliphatic carbocycles. The Hall–Kier alpha value is -1.94. The van der Waals surface area contributed by atoms with E-state index in [0.717, 1.165) is 54.0 Å². The second-order valence-electron chi connectivity index (χ2n) is 6.99. The number of nitrogens with zero attached hydrogens (tertiary/aromatic N) is 4. The topological polar surface area (TPSA) is 67.1 Å². The second kappa shape index (κ2) is 12.0. The van der Waals surface area contributed by atoms with Crippen LogP contribution in [0.25, 0.3) is 5.69 Å². The zero-order valence-corrected chi connectivity index (χ0v) is 21.3. The Bertz CT molecular complexity index is 928. The van der Waals surface area contributed by atoms with Gasteiger partial charge in [0.1, 0.15) is 5.01 Å². The van der Waals surface area contributed by atoms with Gasteiger partial charge in [-0.15, -0.1) is 35.3 Å². The minimum atomic E-state index is 0. The Balaban J connectivity index is 0.00000320. The molecule has 1 aromatic carbocycles. The van der Waals surface area contributed by atoms with Gasteiger partial charge in [-0.1, -0.05) is 18.2 Å². The summed E-state index contributed by atoms with van der Waals surface area (Å²) in [7, 11) is 0. The van der Waals surface area contributed by atoms with Crippen LogP contribution in [0.1, 0.15) is 40.2 Å². The van der Waals surface area contributed by atoms with E-state index in [9.17, 15) is 0 Å². The van der Waals surface area contributed by atoms with Gasteiger partial charge in [0.2, 0.25) is 0 Å². The Morgan fingerprint density at radius 3 is 2.53 bits per heavy atom. The van der Waals surface area contributed by atoms with Crippen LogP contribution in [-0.2, 0) is 13.0 Å². The van der Waals surface area contributed by atoms with Crippen LogP contribution < -0.4 is 10.6 Å². The predicted octanol–water partition coefficient (Wildman–Crippen LogP) is 4.56. The van der Waals surface area contributed by atoms with Crippen LogP contribution in [0.2, 0.25) is 0 Å². The van der Waals surface area contributed by atoms with Crippen LogP contribution in [0, 0.1) is 20.8 Å². The van der Waals surface area contributed by atoms with Gasteiger partial charge >= 0.3 is 0 Å². The third-order valence-electron chi connectivity index (χ3n) is 4.73. The molecule has 2 heterocycles. The summed E-state index contributed by atoms with van der Waals surface area (Å²) in [4.78, 5) is 10.5. The molecule has 8 heteroatoms. The van der Waals surface area contributed by atoms with Crippen LogP contribution in [0.5, 0.6) is 0 Å². The van der Waals surface area contributed by atoms with Crippen molar-refractivity contribution in [3.05, 3.63) is 63.4 Å². The summed E-state index contributed by atoms with van der Waals surface area (Å²) < 4.78 is 1.96. The molecule has 0 saturated carbocycles. The molecule has 0 amide bonds. The molecule has 0 atom stereocenters. The lowest BCUT2D eigenvalue weighted by molar-refractivity contribution is 0.741. The standard InChI is InChI=1S/C22H30N6S.HI/c1-5-23-22(25-14-21-26-16(2)18(4)29-21)24-13-9-10-19-15-28(27-17(19)3)20-11-7-6-8-12-20;/h6-8,11-12,15H,5,9-10,13-14H2,1-4H3,(H2,23,24,25);1H. The number of aromatic nitrogens is 3. The highest BCUT2D eigenvalue weighted by molar-refractivity contribution is 14.0. The first-order valence-electron chi connectivity index (χ1n) is 10.1. The van der Waals surface area contributed by atoms with E-state index in [1.165, 1.54) is 10.4 Å². The molecule has 0 unspecified atom stereocenters. The fourth-order valence-electron chi connectivity index (χ4n) is 3.04. The molecule has 0 aliphatic rings. The van der Waals surface area contributed by atoms with Crippen molar-refractivity contribution >= 4 is 41.3 Å². The maximum atomic E-state index is 4.67. The highest BCUT2D eigenvalue weighted by Gasteiger charge is 2.07. The number of halogens is 1. The van der Waals surface area contributed by atoms with Crippen molar-refractivity contribution in [1.82, 2.24) is 25.4 Å². The molecular formula is C22H31IN6S. The SMILES string of the molecule is CCNC(=NCc1nc(C)c(C)s1)NCCCc1cn(-c2ccccc2)nc1C.I. The molecule has 6 nitrogen and oxygen atoms in total. The maximum Gasteiger partial charge on any atom is 0.191 e. The average Bonchev–Trinajstić information content (AvgIpc) is 3.25. The lowest BCUT2D eigenvalue weighted by atomic mass is 10.1. The first-order chi connectivity index (χ1) is 14.1. The van der Waals surface area contributed by atoms with Gasteiger partial charge < -0.3 is 10.6 Å². The van der Waals surface area contributed by atoms with E-state index in [1.807, 2.05) is 29.8 Å². The van der Waals surface area contributed by atoms with Crippen LogP contribution in [-0.4, -0.2) is 33.8 Å². The summed E-state index contributed by atoms with van der Waals surface area (Å²) in [5.41, 5.74) is 4.56. The van der Waals surface area contributed by atoms with Gasteiger partial charge in [0.15, 0.2) is 5.96 Å². The van der Waals surface area contributed by atoms with Crippen LogP contribution in [0.15, 0.2) is 41.5 Å². The van der Waals surface area contributed by atoms with Crippen LogP contribution >= 0.6 is 35.3 Å². The quantitative estimate of drug-likeness (QED) is 0.191. The Labute approximate surface area is 200 Å². The van der Waals surface area contributed by atoms with Gasteiger partial charge in [-0.05, 0) is 58.2 Å². The lowest BCUT2D eigenvalue weighted by Crippen LogP contribution is -2.37. The summed E-state index contributed by atoms with van der Waals surface area (Å²) in [5.74, 6) is 0.842. The molecule has 0 bridgehead atoms. The van der Waals surface area contributed by atoms with Crippen molar-refractivity contribution in [1.29, 1.82) is 0 Å². The summed E-state index contributed by atoms with van der Waals surface area (Å²) in [6.07, 6.45) is 4.13. The van der Waals surface area contributed by atoms with E-state index in [2.05, 4.69) is 64.8 Å². The van der Waals surface area contributed by atoms with Crippen molar-refractivity contribution in [3.8, 4) is 5.69 Å². The van der Waals surface area contributed by atoms with Crippen LogP contribution in [0.4, 0.5) is 0 Å². The van der Waals surface area contributed by atoms with Gasteiger partial charge in [0.05, 0.1) is 23.6 Å². The number of aliphatic imine (C=N–C) groups is 1. The number of guanidine groups is 1. The second-order valence-corrected chi connectivity index (χ2v) is 8.28. The van der Waals surface area contributed by atoms with Gasteiger partial charge in [-0.25, -0.2) is 14.7 Å². The van der Waals surface area contributed by atoms with E-state index in [0.29, 0.717) is 6.54 Å². The Morgan fingerprint density at radius 1 is 1.10 bits per heavy atom. The molecule has 0 fully saturated rings. The van der Waals surface area contributed by atoms with Gasteiger partial charge in [-0.2, -0.15) is 5.10 Å². The molecule has 3 rings (SSSR count). The van der Waals surface area contributed by atoms with E-state index < -0.39 is 0 Å². The molecule has 0 aliphatic heterocycles. The van der Waals surface area contributed by atoms with Crippen molar-refractivity contribution < 1.29 is 0 Å². The number of rotatable bonds is 8. The molecule has 2 aromatic heterocycles. The normalized spacial score (nSPS) is 11.3. The maximum absolute atomic E-state index is 4.67. The highest BCUT2D eigenvalue weighted by atomic mass is 127. The number of thiazole rings is 1. The van der Waals surface area contributed by atoms with E-state index >= 15 is 0 Å². The summed E-state index contributed by atoms with van der Waals surface area (Å²) in [6, 6.07) is 10.2. The van der Waals surface area contributed by atoms with Gasteiger partial charge in [-0.3, -0.25) is 0 Å². The lowest BCUT2D eigenvalue weighted by Gasteiger charge is -2.10. The molecule has 0 radical (unpaired) electrons. The fourth-order valence-corrected chi connectivity index (χ4v) is 3.89. The highest BCUT2D eigenvalue weighted by Crippen LogP contribution is 2.17. The number of aryl methyl sites for hydroxylation is 4. The van der Waals surface area contributed by atoms with E-state index in [4.69, 9.17) is 0 Å². The number of hydrogen-bond acceptors (Lipinski definition) is 4. The summed E-state index contributed by atoms with van der Waals surface area (Å²) in [6.45, 7) is 10.6. The van der Waals surface area contributed by atoms with E-state index in [-0.39, 0.29) is 24.0 Å². The Kier molecular flexibility index (Phi) is 9.77. The number of benzene rings is 1. The minimum Gasteiger partial charge on any atom is -0.357 e. The number of para-hydroxylation sites is 1. The average molecular weight is 539 g/mol. The predicted molar refractivity (Wildman–Crippen MR) is 136 cm³/mol. The Morgan fingerprint density at radius 2 is 1.87 bits per heavy atom. The van der Waals surface area contributed by atoms with Crippen molar-refractivity contribution in [2.45, 2.75) is 47.1 Å². The molecular weight excluding hydrogens is 507 g/mol. The zero-order chi connectivity index (χ0) is 20.6. The first kappa shape index (κ1) is 24.3. The van der Waals surface area contributed by atoms with Gasteiger partial charge in [0.25, 0.3) is 0 Å². The third kappa shape index (κ3) is 6.80. The van der Waals surface area contributed by atoms with Gasteiger partial charge in [0, 0.05) is 24.2 Å². The minimum absolute atomic E-state index is 0. The zero-order valence-electron chi connectivity index (χ0n) is 18.1. The van der Waals surface area contributed by atoms with Crippen molar-refractivity contribution in [2.75, 3.05) is 13.1 Å². The summed E-state index contributed by atoms with van der Waals surface area (Å²) >= 11 is 1.72. The molecule has 0 spiro atoms. The largest absolute Gasteiger partial charge is 0.357 e. The van der Waals surface area contributed by atoms with E-state index in [1.54, 1.807) is 11.3 Å². The molecule has 162 valence electrons. The molecule has 0 saturated heterocycles. The summed E-state index contributed by atoms with van der Waals surface area (Å²) in [5, 5.41) is 12.4. The molecule has 3 aromatic rings. The van der Waals surface area contributed by atoms with Crippen molar-refractivity contribution in [2.24, 2.45) is 4.99 Å². The fraction of sp³-hybridized carbons (Fsp3) is 0.409. The number of hydrogen-bond donors (Lipinski definition) is 2. The number of nitrogens with one attached hydrogen (secondary N) is 2.